The molecule has 0 bridgehead atoms. The molecule has 0 saturated carbocycles. The Balaban J connectivity index is 2.01. The summed E-state index contributed by atoms with van der Waals surface area (Å²) in [6, 6.07) is 7.00. The zero-order valence-electron chi connectivity index (χ0n) is 9.92. The highest BCUT2D eigenvalue weighted by atomic mass is 127. The number of aryl methyl sites for hydroxylation is 1. The van der Waals surface area contributed by atoms with E-state index in [9.17, 15) is 5.11 Å². The molecule has 0 atom stereocenters. The van der Waals surface area contributed by atoms with Crippen molar-refractivity contribution in [2.24, 2.45) is 0 Å². The highest BCUT2D eigenvalue weighted by Crippen LogP contribution is 2.28. The van der Waals surface area contributed by atoms with Gasteiger partial charge in [0.2, 0.25) is 5.82 Å². The molecule has 0 aliphatic rings. The van der Waals surface area contributed by atoms with Crippen LogP contribution in [-0.2, 0) is 0 Å². The van der Waals surface area contributed by atoms with Gasteiger partial charge in [-0.25, -0.2) is 0 Å². The summed E-state index contributed by atoms with van der Waals surface area (Å²) >= 11 is 2.05. The summed E-state index contributed by atoms with van der Waals surface area (Å²) < 4.78 is 11.2. The third-order valence-corrected chi connectivity index (χ3v) is 3.63. The van der Waals surface area contributed by atoms with Crippen LogP contribution in [0.3, 0.4) is 0 Å². The Bertz CT molecular complexity index is 733. The van der Waals surface area contributed by atoms with Crippen LogP contribution in [0.25, 0.3) is 22.8 Å². The minimum Gasteiger partial charge on any atom is -0.507 e. The van der Waals surface area contributed by atoms with Crippen molar-refractivity contribution in [2.45, 2.75) is 6.92 Å². The van der Waals surface area contributed by atoms with E-state index in [1.807, 2.05) is 35.6 Å². The van der Waals surface area contributed by atoms with Crippen LogP contribution in [0.4, 0.5) is 0 Å². The molecule has 0 saturated heterocycles. The molecule has 0 spiro atoms. The zero-order chi connectivity index (χ0) is 13.4. The summed E-state index contributed by atoms with van der Waals surface area (Å²) in [5, 5.41) is 13.6. The number of halogens is 1. The smallest absolute Gasteiger partial charge is 0.258 e. The number of aromatic hydroxyl groups is 1. The zero-order valence-corrected chi connectivity index (χ0v) is 12.1. The number of nitrogens with zero attached hydrogens (tertiary/aromatic N) is 2. The quantitative estimate of drug-likeness (QED) is 0.700. The molecule has 2 aromatic heterocycles. The van der Waals surface area contributed by atoms with Crippen molar-refractivity contribution in [1.82, 2.24) is 10.1 Å². The van der Waals surface area contributed by atoms with Crippen LogP contribution in [0.15, 0.2) is 39.5 Å². The molecule has 1 N–H and O–H groups in total. The van der Waals surface area contributed by atoms with Gasteiger partial charge in [-0.15, -0.1) is 0 Å². The van der Waals surface area contributed by atoms with Crippen LogP contribution < -0.4 is 0 Å². The molecule has 0 fully saturated rings. The number of benzene rings is 1. The van der Waals surface area contributed by atoms with E-state index in [0.717, 1.165) is 14.9 Å². The predicted molar refractivity (Wildman–Crippen MR) is 76.6 cm³/mol. The lowest BCUT2D eigenvalue weighted by molar-refractivity contribution is 0.431. The van der Waals surface area contributed by atoms with Gasteiger partial charge in [0.15, 0.2) is 0 Å². The first-order valence-corrected chi connectivity index (χ1v) is 6.60. The second-order valence-electron chi connectivity index (χ2n) is 3.98. The van der Waals surface area contributed by atoms with Crippen LogP contribution in [0.2, 0.25) is 0 Å². The van der Waals surface area contributed by atoms with Crippen LogP contribution in [0.5, 0.6) is 5.75 Å². The molecule has 0 amide bonds. The Morgan fingerprint density at radius 2 is 2.11 bits per heavy atom. The SMILES string of the molecule is Cc1occc1-c1noc(-c2ccc(I)c(O)c2)n1. The number of furan rings is 1. The van der Waals surface area contributed by atoms with Crippen LogP contribution in [0, 0.1) is 10.5 Å². The van der Waals surface area contributed by atoms with E-state index in [1.165, 1.54) is 0 Å². The molecule has 2 heterocycles. The fourth-order valence-corrected chi connectivity index (χ4v) is 2.05. The minimum absolute atomic E-state index is 0.192. The Kier molecular flexibility index (Phi) is 3.02. The minimum atomic E-state index is 0.192. The van der Waals surface area contributed by atoms with Crippen LogP contribution in [-0.4, -0.2) is 15.2 Å². The number of hydrogen-bond acceptors (Lipinski definition) is 5. The van der Waals surface area contributed by atoms with Crippen LogP contribution >= 0.6 is 22.6 Å². The van der Waals surface area contributed by atoms with Crippen molar-refractivity contribution >= 4 is 22.6 Å². The van der Waals surface area contributed by atoms with E-state index in [1.54, 1.807) is 24.5 Å². The van der Waals surface area contributed by atoms with Gasteiger partial charge in [-0.3, -0.25) is 0 Å². The van der Waals surface area contributed by atoms with Crippen molar-refractivity contribution in [3.63, 3.8) is 0 Å². The van der Waals surface area contributed by atoms with Gasteiger partial charge in [-0.2, -0.15) is 4.98 Å². The number of hydrogen-bond donors (Lipinski definition) is 1. The Morgan fingerprint density at radius 1 is 1.26 bits per heavy atom. The fraction of sp³-hybridized carbons (Fsp3) is 0.0769. The van der Waals surface area contributed by atoms with Gasteiger partial charge in [0.25, 0.3) is 5.89 Å². The lowest BCUT2D eigenvalue weighted by atomic mass is 10.2. The van der Waals surface area contributed by atoms with Crippen molar-refractivity contribution in [3.05, 3.63) is 39.9 Å². The van der Waals surface area contributed by atoms with Crippen LogP contribution in [0.1, 0.15) is 5.76 Å². The number of rotatable bonds is 2. The van der Waals surface area contributed by atoms with Gasteiger partial charge < -0.3 is 14.0 Å². The highest BCUT2D eigenvalue weighted by molar-refractivity contribution is 14.1. The second-order valence-corrected chi connectivity index (χ2v) is 5.14. The maximum atomic E-state index is 9.68. The Morgan fingerprint density at radius 3 is 2.79 bits per heavy atom. The monoisotopic (exact) mass is 368 g/mol. The molecule has 0 aliphatic carbocycles. The number of aromatic nitrogens is 2. The lowest BCUT2D eigenvalue weighted by Gasteiger charge is -1.98. The molecule has 6 heteroatoms. The summed E-state index contributed by atoms with van der Waals surface area (Å²) in [7, 11) is 0. The average Bonchev–Trinajstić information content (AvgIpc) is 3.01. The predicted octanol–water partition coefficient (Wildman–Crippen LogP) is 3.62. The Hall–Kier alpha value is -1.83. The first-order chi connectivity index (χ1) is 9.15. The molecule has 5 nitrogen and oxygen atoms in total. The van der Waals surface area contributed by atoms with E-state index in [2.05, 4.69) is 10.1 Å². The van der Waals surface area contributed by atoms with Crippen molar-refractivity contribution < 1.29 is 14.0 Å². The van der Waals surface area contributed by atoms with E-state index < -0.39 is 0 Å². The van der Waals surface area contributed by atoms with E-state index in [4.69, 9.17) is 8.94 Å². The topological polar surface area (TPSA) is 72.3 Å². The van der Waals surface area contributed by atoms with Crippen molar-refractivity contribution in [3.8, 4) is 28.6 Å². The lowest BCUT2D eigenvalue weighted by Crippen LogP contribution is -1.82. The van der Waals surface area contributed by atoms with Gasteiger partial charge in [0.1, 0.15) is 11.5 Å². The van der Waals surface area contributed by atoms with Gasteiger partial charge in [0.05, 0.1) is 15.4 Å². The summed E-state index contributed by atoms with van der Waals surface area (Å²) in [6.07, 6.45) is 1.58. The summed E-state index contributed by atoms with van der Waals surface area (Å²) in [4.78, 5) is 4.30. The van der Waals surface area contributed by atoms with Crippen molar-refractivity contribution in [2.75, 3.05) is 0 Å². The molecular weight excluding hydrogens is 359 g/mol. The van der Waals surface area contributed by atoms with E-state index in [-0.39, 0.29) is 5.75 Å². The standard InChI is InChI=1S/C13H9IN2O3/c1-7-9(4-5-18-7)12-15-13(19-16-12)8-2-3-10(14)11(17)6-8/h2-6,17H,1H3. The normalized spacial score (nSPS) is 10.8. The van der Waals surface area contributed by atoms with Gasteiger partial charge in [-0.05, 0) is 53.8 Å². The highest BCUT2D eigenvalue weighted by Gasteiger charge is 2.14. The van der Waals surface area contributed by atoms with E-state index in [0.29, 0.717) is 17.3 Å². The molecule has 0 radical (unpaired) electrons. The van der Waals surface area contributed by atoms with Gasteiger partial charge in [-0.1, -0.05) is 5.16 Å². The molecule has 0 aliphatic heterocycles. The third-order valence-electron chi connectivity index (χ3n) is 2.72. The van der Waals surface area contributed by atoms with Gasteiger partial charge in [0, 0.05) is 5.56 Å². The Labute approximate surface area is 122 Å². The summed E-state index contributed by atoms with van der Waals surface area (Å²) in [6.45, 7) is 1.84. The van der Waals surface area contributed by atoms with E-state index >= 15 is 0 Å². The van der Waals surface area contributed by atoms with Gasteiger partial charge >= 0.3 is 0 Å². The molecule has 3 aromatic rings. The number of phenols is 1. The number of phenolic OH excluding ortho intramolecular Hbond substituents is 1. The molecule has 1 aromatic carbocycles. The molecular formula is C13H9IN2O3. The third kappa shape index (κ3) is 2.23. The fourth-order valence-electron chi connectivity index (χ4n) is 1.71. The maximum Gasteiger partial charge on any atom is 0.258 e. The molecule has 0 unspecified atom stereocenters. The average molecular weight is 368 g/mol. The maximum absolute atomic E-state index is 9.68. The molecule has 3 rings (SSSR count). The first-order valence-electron chi connectivity index (χ1n) is 5.52. The molecule has 96 valence electrons. The second kappa shape index (κ2) is 4.69. The molecule has 19 heavy (non-hydrogen) atoms. The first kappa shape index (κ1) is 12.2. The summed E-state index contributed by atoms with van der Waals surface area (Å²) in [5.74, 6) is 1.76. The van der Waals surface area contributed by atoms with Crippen molar-refractivity contribution in [1.29, 1.82) is 0 Å². The largest absolute Gasteiger partial charge is 0.507 e. The summed E-state index contributed by atoms with van der Waals surface area (Å²) in [5.41, 5.74) is 1.47.